The van der Waals surface area contributed by atoms with Crippen LogP contribution in [0.2, 0.25) is 0 Å². The first kappa shape index (κ1) is 22.2. The molecule has 2 aromatic carbocycles. The molecule has 0 spiro atoms. The van der Waals surface area contributed by atoms with Crippen molar-refractivity contribution in [2.45, 2.75) is 33.2 Å². The fourth-order valence-electron chi connectivity index (χ4n) is 4.05. The minimum atomic E-state index is 0.507. The van der Waals surface area contributed by atoms with Crippen LogP contribution in [0.1, 0.15) is 29.5 Å². The summed E-state index contributed by atoms with van der Waals surface area (Å²) in [6.45, 7) is 8.32. The van der Waals surface area contributed by atoms with Gasteiger partial charge in [0.1, 0.15) is 5.82 Å². The van der Waals surface area contributed by atoms with Gasteiger partial charge in [-0.05, 0) is 61.9 Å². The molecule has 168 valence electrons. The van der Waals surface area contributed by atoms with Crippen LogP contribution in [0, 0.1) is 19.8 Å². The van der Waals surface area contributed by atoms with E-state index in [0.29, 0.717) is 18.6 Å². The number of piperidine rings is 1. The Hall–Kier alpha value is -2.96. The SMILES string of the molecule is Cc1ccc(CNCOCC2CCCN(c3ccnc(Nc4cccc(C)c4)n3)C2)cc1. The molecule has 1 aromatic heterocycles. The quantitative estimate of drug-likeness (QED) is 0.374. The minimum Gasteiger partial charge on any atom is -0.366 e. The molecule has 0 aliphatic carbocycles. The molecule has 1 aliphatic heterocycles. The number of aromatic nitrogens is 2. The molecule has 0 amide bonds. The molecule has 0 saturated carbocycles. The van der Waals surface area contributed by atoms with Gasteiger partial charge in [-0.15, -0.1) is 0 Å². The molecule has 1 aliphatic rings. The zero-order chi connectivity index (χ0) is 22.2. The van der Waals surface area contributed by atoms with Gasteiger partial charge in [0.25, 0.3) is 0 Å². The van der Waals surface area contributed by atoms with E-state index in [9.17, 15) is 0 Å². The monoisotopic (exact) mass is 431 g/mol. The molecule has 3 aromatic rings. The van der Waals surface area contributed by atoms with Crippen molar-refractivity contribution in [3.8, 4) is 0 Å². The molecule has 1 atom stereocenters. The number of anilines is 3. The molecule has 1 fully saturated rings. The van der Waals surface area contributed by atoms with Crippen molar-refractivity contribution >= 4 is 17.5 Å². The highest BCUT2D eigenvalue weighted by atomic mass is 16.5. The number of nitrogens with zero attached hydrogens (tertiary/aromatic N) is 3. The van der Waals surface area contributed by atoms with Crippen molar-refractivity contribution in [3.05, 3.63) is 77.5 Å². The first-order valence-corrected chi connectivity index (χ1v) is 11.4. The summed E-state index contributed by atoms with van der Waals surface area (Å²) in [5.41, 5.74) is 4.78. The van der Waals surface area contributed by atoms with Gasteiger partial charge in [0, 0.05) is 31.5 Å². The van der Waals surface area contributed by atoms with Crippen molar-refractivity contribution < 1.29 is 4.74 Å². The summed E-state index contributed by atoms with van der Waals surface area (Å²) in [6, 6.07) is 18.8. The molecule has 32 heavy (non-hydrogen) atoms. The molecule has 2 heterocycles. The Kier molecular flexibility index (Phi) is 7.69. The Morgan fingerprint density at radius 1 is 1.06 bits per heavy atom. The van der Waals surface area contributed by atoms with Crippen molar-refractivity contribution in [2.75, 3.05) is 36.6 Å². The van der Waals surface area contributed by atoms with Crippen molar-refractivity contribution in [1.82, 2.24) is 15.3 Å². The fourth-order valence-corrected chi connectivity index (χ4v) is 4.05. The molecule has 4 rings (SSSR count). The van der Waals surface area contributed by atoms with E-state index in [2.05, 4.69) is 70.8 Å². The van der Waals surface area contributed by atoms with Gasteiger partial charge in [-0.25, -0.2) is 4.98 Å². The molecule has 2 N–H and O–H groups in total. The summed E-state index contributed by atoms with van der Waals surface area (Å²) >= 11 is 0. The highest BCUT2D eigenvalue weighted by molar-refractivity contribution is 5.56. The Morgan fingerprint density at radius 2 is 1.94 bits per heavy atom. The fraction of sp³-hybridized carbons (Fsp3) is 0.385. The summed E-state index contributed by atoms with van der Waals surface area (Å²) in [7, 11) is 0. The smallest absolute Gasteiger partial charge is 0.229 e. The van der Waals surface area contributed by atoms with Crippen LogP contribution in [-0.2, 0) is 11.3 Å². The van der Waals surface area contributed by atoms with E-state index in [0.717, 1.165) is 44.2 Å². The highest BCUT2D eigenvalue weighted by Gasteiger charge is 2.21. The van der Waals surface area contributed by atoms with Crippen LogP contribution >= 0.6 is 0 Å². The number of ether oxygens (including phenoxy) is 1. The lowest BCUT2D eigenvalue weighted by Crippen LogP contribution is -2.38. The number of hydrogen-bond acceptors (Lipinski definition) is 6. The molecule has 1 unspecified atom stereocenters. The number of aryl methyl sites for hydroxylation is 2. The van der Waals surface area contributed by atoms with Crippen LogP contribution in [0.4, 0.5) is 17.5 Å². The van der Waals surface area contributed by atoms with Gasteiger partial charge in [-0.3, -0.25) is 5.32 Å². The third-order valence-electron chi connectivity index (χ3n) is 5.77. The third kappa shape index (κ3) is 6.52. The van der Waals surface area contributed by atoms with E-state index in [1.165, 1.54) is 23.1 Å². The van der Waals surface area contributed by atoms with Gasteiger partial charge in [0.15, 0.2) is 0 Å². The van der Waals surface area contributed by atoms with Crippen LogP contribution in [0.25, 0.3) is 0 Å². The Labute approximate surface area is 191 Å². The molecular formula is C26H33N5O. The lowest BCUT2D eigenvalue weighted by molar-refractivity contribution is 0.0790. The second-order valence-corrected chi connectivity index (χ2v) is 8.61. The van der Waals surface area contributed by atoms with Gasteiger partial charge in [0.05, 0.1) is 13.3 Å². The first-order valence-electron chi connectivity index (χ1n) is 11.4. The molecule has 6 heteroatoms. The van der Waals surface area contributed by atoms with Gasteiger partial charge in [-0.1, -0.05) is 42.0 Å². The van der Waals surface area contributed by atoms with Gasteiger partial charge in [0.2, 0.25) is 5.95 Å². The standard InChI is InChI=1S/C26H33N5O/c1-20-8-10-22(11-9-20)16-27-19-32-18-23-6-4-14-31(17-23)25-12-13-28-26(30-25)29-24-7-3-5-21(2)15-24/h3,5,7-13,15,23,27H,4,6,14,16-19H2,1-2H3,(H,28,29,30). The maximum atomic E-state index is 5.93. The molecule has 0 radical (unpaired) electrons. The number of benzene rings is 2. The summed E-state index contributed by atoms with van der Waals surface area (Å²) in [6.07, 6.45) is 4.17. The number of hydrogen-bond donors (Lipinski definition) is 2. The lowest BCUT2D eigenvalue weighted by atomic mass is 9.99. The zero-order valence-electron chi connectivity index (χ0n) is 19.1. The molecule has 1 saturated heterocycles. The maximum Gasteiger partial charge on any atom is 0.229 e. The molecule has 6 nitrogen and oxygen atoms in total. The van der Waals surface area contributed by atoms with E-state index < -0.39 is 0 Å². The van der Waals surface area contributed by atoms with E-state index in [1.54, 1.807) is 0 Å². The minimum absolute atomic E-state index is 0.507. The topological polar surface area (TPSA) is 62.3 Å². The molecular weight excluding hydrogens is 398 g/mol. The number of rotatable bonds is 9. The van der Waals surface area contributed by atoms with Crippen LogP contribution in [0.15, 0.2) is 60.8 Å². The highest BCUT2D eigenvalue weighted by Crippen LogP contribution is 2.23. The number of nitrogens with one attached hydrogen (secondary N) is 2. The van der Waals surface area contributed by atoms with Gasteiger partial charge in [-0.2, -0.15) is 4.98 Å². The largest absolute Gasteiger partial charge is 0.366 e. The van der Waals surface area contributed by atoms with Gasteiger partial charge < -0.3 is 15.0 Å². The van der Waals surface area contributed by atoms with Crippen molar-refractivity contribution in [1.29, 1.82) is 0 Å². The predicted octanol–water partition coefficient (Wildman–Crippen LogP) is 4.82. The van der Waals surface area contributed by atoms with E-state index in [1.807, 2.05) is 24.4 Å². The van der Waals surface area contributed by atoms with Crippen LogP contribution in [-0.4, -0.2) is 36.4 Å². The molecule has 0 bridgehead atoms. The zero-order valence-corrected chi connectivity index (χ0v) is 19.1. The van der Waals surface area contributed by atoms with E-state index in [-0.39, 0.29) is 0 Å². The normalized spacial score (nSPS) is 16.2. The van der Waals surface area contributed by atoms with Crippen molar-refractivity contribution in [3.63, 3.8) is 0 Å². The lowest BCUT2D eigenvalue weighted by Gasteiger charge is -2.33. The van der Waals surface area contributed by atoms with Crippen molar-refractivity contribution in [2.24, 2.45) is 5.92 Å². The average Bonchev–Trinajstić information content (AvgIpc) is 2.80. The Morgan fingerprint density at radius 3 is 2.78 bits per heavy atom. The Balaban J connectivity index is 1.24. The second-order valence-electron chi connectivity index (χ2n) is 8.61. The van der Waals surface area contributed by atoms with Gasteiger partial charge >= 0.3 is 0 Å². The summed E-state index contributed by atoms with van der Waals surface area (Å²) in [5.74, 6) is 2.11. The van der Waals surface area contributed by atoms with Crippen LogP contribution in [0.5, 0.6) is 0 Å². The first-order chi connectivity index (χ1) is 15.7. The maximum absolute atomic E-state index is 5.93. The predicted molar refractivity (Wildman–Crippen MR) is 130 cm³/mol. The average molecular weight is 432 g/mol. The third-order valence-corrected chi connectivity index (χ3v) is 5.77. The van der Waals surface area contributed by atoms with Crippen LogP contribution in [0.3, 0.4) is 0 Å². The van der Waals surface area contributed by atoms with Crippen LogP contribution < -0.4 is 15.5 Å². The second kappa shape index (κ2) is 11.1. The van der Waals surface area contributed by atoms with E-state index >= 15 is 0 Å². The Bertz CT molecular complexity index is 992. The summed E-state index contributed by atoms with van der Waals surface area (Å²) in [5, 5.41) is 6.69. The summed E-state index contributed by atoms with van der Waals surface area (Å²) < 4.78 is 5.93. The van der Waals surface area contributed by atoms with E-state index in [4.69, 9.17) is 9.72 Å². The summed E-state index contributed by atoms with van der Waals surface area (Å²) in [4.78, 5) is 11.5.